The Morgan fingerprint density at radius 2 is 2.08 bits per heavy atom. The standard InChI is InChI=1S/C17H19N3O5/c1-24-15-9-12(8-13(10-15)20(22)23)18-17(21)16-5-4-14(25-16)11-19-6-2-3-7-19/h4-5,8-10H,2-3,6-7,11H2,1H3,(H,18,21). The molecule has 8 heteroatoms. The largest absolute Gasteiger partial charge is 0.496 e. The van der Waals surface area contributed by atoms with E-state index in [2.05, 4.69) is 10.2 Å². The van der Waals surface area contributed by atoms with Gasteiger partial charge in [-0.15, -0.1) is 0 Å². The van der Waals surface area contributed by atoms with Gasteiger partial charge in [0, 0.05) is 12.1 Å². The summed E-state index contributed by atoms with van der Waals surface area (Å²) in [6.45, 7) is 2.75. The van der Waals surface area contributed by atoms with Gasteiger partial charge in [-0.25, -0.2) is 0 Å². The van der Waals surface area contributed by atoms with Crippen molar-refractivity contribution in [3.8, 4) is 5.75 Å². The lowest BCUT2D eigenvalue weighted by Crippen LogP contribution is -2.18. The molecule has 0 aliphatic carbocycles. The third kappa shape index (κ3) is 4.16. The van der Waals surface area contributed by atoms with Gasteiger partial charge < -0.3 is 14.5 Å². The van der Waals surface area contributed by atoms with Gasteiger partial charge in [0.1, 0.15) is 11.5 Å². The van der Waals surface area contributed by atoms with Gasteiger partial charge in [0.2, 0.25) is 0 Å². The number of nitro benzene ring substituents is 1. The number of nitro groups is 1. The number of carbonyl (C=O) groups is 1. The van der Waals surface area contributed by atoms with E-state index < -0.39 is 10.8 Å². The highest BCUT2D eigenvalue weighted by atomic mass is 16.6. The molecule has 2 heterocycles. The van der Waals surface area contributed by atoms with E-state index in [-0.39, 0.29) is 17.1 Å². The lowest BCUT2D eigenvalue weighted by atomic mass is 10.2. The first-order chi connectivity index (χ1) is 12.0. The van der Waals surface area contributed by atoms with Gasteiger partial charge >= 0.3 is 0 Å². The quantitative estimate of drug-likeness (QED) is 0.638. The molecule has 132 valence electrons. The number of non-ortho nitro benzene ring substituents is 1. The number of nitrogens with one attached hydrogen (secondary N) is 1. The maximum Gasteiger partial charge on any atom is 0.291 e. The molecule has 2 aromatic rings. The summed E-state index contributed by atoms with van der Waals surface area (Å²) in [5.74, 6) is 0.720. The molecule has 25 heavy (non-hydrogen) atoms. The molecule has 1 fully saturated rings. The van der Waals surface area contributed by atoms with Crippen LogP contribution < -0.4 is 10.1 Å². The average Bonchev–Trinajstić information content (AvgIpc) is 3.27. The molecule has 0 unspecified atom stereocenters. The smallest absolute Gasteiger partial charge is 0.291 e. The fourth-order valence-corrected chi connectivity index (χ4v) is 2.82. The van der Waals surface area contributed by atoms with E-state index in [4.69, 9.17) is 9.15 Å². The average molecular weight is 345 g/mol. The molecule has 0 radical (unpaired) electrons. The molecule has 1 aliphatic heterocycles. The van der Waals surface area contributed by atoms with E-state index in [0.717, 1.165) is 18.8 Å². The van der Waals surface area contributed by atoms with Crippen LogP contribution in [0.15, 0.2) is 34.7 Å². The van der Waals surface area contributed by atoms with Crippen LogP contribution in [0.5, 0.6) is 5.75 Å². The molecule has 3 rings (SSSR count). The molecule has 1 aromatic carbocycles. The summed E-state index contributed by atoms with van der Waals surface area (Å²) in [5.41, 5.74) is 0.109. The highest BCUT2D eigenvalue weighted by Crippen LogP contribution is 2.26. The molecule has 0 saturated carbocycles. The van der Waals surface area contributed by atoms with Crippen molar-refractivity contribution in [1.82, 2.24) is 4.90 Å². The van der Waals surface area contributed by atoms with Crippen molar-refractivity contribution in [3.05, 3.63) is 52.0 Å². The first-order valence-electron chi connectivity index (χ1n) is 8.01. The number of hydrogen-bond donors (Lipinski definition) is 1. The van der Waals surface area contributed by atoms with Gasteiger partial charge in [-0.05, 0) is 38.1 Å². The molecule has 1 amide bonds. The zero-order chi connectivity index (χ0) is 17.8. The number of likely N-dealkylation sites (tertiary alicyclic amines) is 1. The van der Waals surface area contributed by atoms with Gasteiger partial charge in [0.05, 0.1) is 30.3 Å². The fraction of sp³-hybridized carbons (Fsp3) is 0.353. The minimum atomic E-state index is -0.542. The van der Waals surface area contributed by atoms with E-state index >= 15 is 0 Å². The summed E-state index contributed by atoms with van der Waals surface area (Å²) in [6, 6.07) is 7.46. The maximum absolute atomic E-state index is 12.3. The Morgan fingerprint density at radius 1 is 1.32 bits per heavy atom. The first kappa shape index (κ1) is 17.0. The topological polar surface area (TPSA) is 97.8 Å². The molecular weight excluding hydrogens is 326 g/mol. The van der Waals surface area contributed by atoms with Gasteiger partial charge in [0.15, 0.2) is 5.76 Å². The van der Waals surface area contributed by atoms with Crippen LogP contribution in [0.3, 0.4) is 0 Å². The van der Waals surface area contributed by atoms with Crippen molar-refractivity contribution in [2.75, 3.05) is 25.5 Å². The molecule has 0 bridgehead atoms. The minimum Gasteiger partial charge on any atom is -0.496 e. The second-order valence-corrected chi connectivity index (χ2v) is 5.88. The van der Waals surface area contributed by atoms with E-state index in [1.807, 2.05) is 0 Å². The Balaban J connectivity index is 1.70. The highest BCUT2D eigenvalue weighted by Gasteiger charge is 2.17. The Bertz CT molecular complexity index is 780. The number of carbonyl (C=O) groups excluding carboxylic acids is 1. The predicted molar refractivity (Wildman–Crippen MR) is 90.8 cm³/mol. The maximum atomic E-state index is 12.3. The highest BCUT2D eigenvalue weighted by molar-refractivity contribution is 6.02. The third-order valence-electron chi connectivity index (χ3n) is 4.06. The molecule has 1 saturated heterocycles. The van der Waals surface area contributed by atoms with Crippen molar-refractivity contribution in [2.24, 2.45) is 0 Å². The van der Waals surface area contributed by atoms with Crippen LogP contribution in [0.2, 0.25) is 0 Å². The van der Waals surface area contributed by atoms with Crippen LogP contribution in [0.1, 0.15) is 29.2 Å². The summed E-state index contributed by atoms with van der Waals surface area (Å²) in [4.78, 5) is 25.0. The van der Waals surface area contributed by atoms with Gasteiger partial charge in [-0.2, -0.15) is 0 Å². The summed E-state index contributed by atoms with van der Waals surface area (Å²) in [7, 11) is 1.40. The minimum absolute atomic E-state index is 0.163. The molecule has 0 spiro atoms. The van der Waals surface area contributed by atoms with E-state index in [1.54, 1.807) is 12.1 Å². The van der Waals surface area contributed by atoms with Crippen LogP contribution in [0, 0.1) is 10.1 Å². The fourth-order valence-electron chi connectivity index (χ4n) is 2.82. The van der Waals surface area contributed by atoms with Crippen molar-refractivity contribution < 1.29 is 18.9 Å². The van der Waals surface area contributed by atoms with Crippen molar-refractivity contribution in [1.29, 1.82) is 0 Å². The zero-order valence-electron chi connectivity index (χ0n) is 13.9. The van der Waals surface area contributed by atoms with Crippen LogP contribution in [-0.2, 0) is 6.54 Å². The first-order valence-corrected chi connectivity index (χ1v) is 8.01. The Labute approximate surface area is 144 Å². The number of ether oxygens (including phenoxy) is 1. The van der Waals surface area contributed by atoms with Crippen molar-refractivity contribution in [2.45, 2.75) is 19.4 Å². The van der Waals surface area contributed by atoms with Gasteiger partial charge in [0.25, 0.3) is 11.6 Å². The number of amides is 1. The molecule has 1 aromatic heterocycles. The van der Waals surface area contributed by atoms with Crippen LogP contribution in [-0.4, -0.2) is 35.9 Å². The molecule has 8 nitrogen and oxygen atoms in total. The van der Waals surface area contributed by atoms with Gasteiger partial charge in [-0.1, -0.05) is 0 Å². The number of rotatable bonds is 6. The Kier molecular flexibility index (Phi) is 4.99. The number of anilines is 1. The van der Waals surface area contributed by atoms with Crippen LogP contribution in [0.25, 0.3) is 0 Å². The lowest BCUT2D eigenvalue weighted by molar-refractivity contribution is -0.384. The monoisotopic (exact) mass is 345 g/mol. The molecule has 0 atom stereocenters. The summed E-state index contributed by atoms with van der Waals surface area (Å²) >= 11 is 0. The van der Waals surface area contributed by atoms with Crippen molar-refractivity contribution >= 4 is 17.3 Å². The lowest BCUT2D eigenvalue weighted by Gasteiger charge is -2.11. The molecule has 1 aliphatic rings. The zero-order valence-corrected chi connectivity index (χ0v) is 13.9. The number of hydrogen-bond acceptors (Lipinski definition) is 6. The normalized spacial score (nSPS) is 14.4. The summed E-state index contributed by atoms with van der Waals surface area (Å²) in [6.07, 6.45) is 2.37. The number of nitrogens with zero attached hydrogens (tertiary/aromatic N) is 2. The summed E-state index contributed by atoms with van der Waals surface area (Å²) < 4.78 is 10.6. The molecule has 1 N–H and O–H groups in total. The number of furan rings is 1. The van der Waals surface area contributed by atoms with Crippen molar-refractivity contribution in [3.63, 3.8) is 0 Å². The van der Waals surface area contributed by atoms with Gasteiger partial charge in [-0.3, -0.25) is 19.8 Å². The predicted octanol–water partition coefficient (Wildman–Crippen LogP) is 3.04. The van der Waals surface area contributed by atoms with Crippen LogP contribution >= 0.6 is 0 Å². The SMILES string of the molecule is COc1cc(NC(=O)c2ccc(CN3CCCC3)o2)cc([N+](=O)[O-])c1. The second kappa shape index (κ2) is 7.35. The number of benzene rings is 1. The van der Waals surface area contributed by atoms with E-state index in [1.165, 1.54) is 38.2 Å². The molecular formula is C17H19N3O5. The number of methoxy groups -OCH3 is 1. The third-order valence-corrected chi connectivity index (χ3v) is 4.06. The second-order valence-electron chi connectivity index (χ2n) is 5.88. The van der Waals surface area contributed by atoms with E-state index in [9.17, 15) is 14.9 Å². The Morgan fingerprint density at radius 3 is 2.76 bits per heavy atom. The Hall–Kier alpha value is -2.87. The summed E-state index contributed by atoms with van der Waals surface area (Å²) in [5, 5.41) is 13.6. The van der Waals surface area contributed by atoms with E-state index in [0.29, 0.717) is 12.3 Å². The van der Waals surface area contributed by atoms with Crippen LogP contribution in [0.4, 0.5) is 11.4 Å².